The van der Waals surface area contributed by atoms with Crippen LogP contribution in [0.2, 0.25) is 0 Å². The van der Waals surface area contributed by atoms with Crippen molar-refractivity contribution in [1.82, 2.24) is 4.90 Å². The number of allylic oxidation sites excluding steroid dienone is 1. The van der Waals surface area contributed by atoms with Crippen LogP contribution in [-0.2, 0) is 9.59 Å². The number of hydrogen-bond acceptors (Lipinski definition) is 3. The smallest absolute Gasteiger partial charge is 0.353 e. The molecule has 1 fully saturated rings. The molecule has 0 aromatic rings. The molecule has 0 bridgehead atoms. The summed E-state index contributed by atoms with van der Waals surface area (Å²) in [5.41, 5.74) is 0.200. The van der Waals surface area contributed by atoms with Gasteiger partial charge in [0.05, 0.1) is 11.8 Å². The van der Waals surface area contributed by atoms with Gasteiger partial charge in [0.2, 0.25) is 5.91 Å². The highest BCUT2D eigenvalue weighted by atomic mass is 32.2. The average molecular weight is 213 g/mol. The van der Waals surface area contributed by atoms with Crippen LogP contribution in [0.25, 0.3) is 0 Å². The van der Waals surface area contributed by atoms with Gasteiger partial charge < -0.3 is 5.11 Å². The zero-order valence-corrected chi connectivity index (χ0v) is 8.80. The van der Waals surface area contributed by atoms with Crippen LogP contribution >= 0.6 is 11.8 Å². The van der Waals surface area contributed by atoms with Gasteiger partial charge in [-0.25, -0.2) is 4.79 Å². The number of thioether (sulfide) groups is 1. The minimum atomic E-state index is -0.989. The Hall–Kier alpha value is -0.970. The van der Waals surface area contributed by atoms with Gasteiger partial charge in [-0.2, -0.15) is 0 Å². The molecule has 14 heavy (non-hydrogen) atoms. The summed E-state index contributed by atoms with van der Waals surface area (Å²) in [7, 11) is 0. The molecule has 0 spiro atoms. The first-order valence-corrected chi connectivity index (χ1v) is 5.36. The van der Waals surface area contributed by atoms with Crippen LogP contribution in [0.1, 0.15) is 20.3 Å². The zero-order valence-electron chi connectivity index (χ0n) is 7.98. The molecule has 76 valence electrons. The van der Waals surface area contributed by atoms with Crippen LogP contribution in [0.3, 0.4) is 0 Å². The van der Waals surface area contributed by atoms with E-state index in [0.29, 0.717) is 6.42 Å². The molecule has 5 heteroatoms. The van der Waals surface area contributed by atoms with E-state index in [1.807, 2.05) is 13.8 Å². The summed E-state index contributed by atoms with van der Waals surface area (Å²) in [4.78, 5) is 24.4. The highest BCUT2D eigenvalue weighted by Gasteiger charge is 2.48. The Bertz CT molecular complexity index is 348. The normalized spacial score (nSPS) is 25.5. The van der Waals surface area contributed by atoms with Crippen LogP contribution in [0.5, 0.6) is 0 Å². The van der Waals surface area contributed by atoms with E-state index in [1.54, 1.807) is 0 Å². The lowest BCUT2D eigenvalue weighted by atomic mass is 10.1. The standard InChI is InChI=1S/C9H11NO3S/c1-4(2)8-7(9(12)13)10-5(11)3-6(10)14-8/h4,6H,3H2,1-2H3,(H,12,13)/t6-/m1/s1. The molecule has 2 heterocycles. The molecule has 2 rings (SSSR count). The van der Waals surface area contributed by atoms with Gasteiger partial charge in [-0.3, -0.25) is 9.69 Å². The summed E-state index contributed by atoms with van der Waals surface area (Å²) in [5.74, 6) is -0.892. The molecule has 0 aliphatic carbocycles. The fraction of sp³-hybridized carbons (Fsp3) is 0.556. The van der Waals surface area contributed by atoms with E-state index in [9.17, 15) is 9.59 Å². The fourth-order valence-electron chi connectivity index (χ4n) is 1.69. The summed E-state index contributed by atoms with van der Waals surface area (Å²) >= 11 is 1.51. The second kappa shape index (κ2) is 3.02. The molecule has 4 nitrogen and oxygen atoms in total. The predicted octanol–water partition coefficient (Wildman–Crippen LogP) is 1.24. The largest absolute Gasteiger partial charge is 0.477 e. The molecule has 1 amide bonds. The molecule has 1 atom stereocenters. The van der Waals surface area contributed by atoms with Crippen LogP contribution in [0.15, 0.2) is 10.6 Å². The molecule has 1 N–H and O–H groups in total. The van der Waals surface area contributed by atoms with E-state index in [2.05, 4.69) is 0 Å². The molecule has 1 saturated heterocycles. The highest BCUT2D eigenvalue weighted by molar-refractivity contribution is 8.04. The van der Waals surface area contributed by atoms with Crippen molar-refractivity contribution in [1.29, 1.82) is 0 Å². The first kappa shape index (κ1) is 9.58. The van der Waals surface area contributed by atoms with Crippen LogP contribution < -0.4 is 0 Å². The van der Waals surface area contributed by atoms with Crippen molar-refractivity contribution < 1.29 is 14.7 Å². The Morgan fingerprint density at radius 1 is 1.64 bits per heavy atom. The van der Waals surface area contributed by atoms with Gasteiger partial charge in [0.1, 0.15) is 5.70 Å². The van der Waals surface area contributed by atoms with Crippen molar-refractivity contribution in [3.63, 3.8) is 0 Å². The number of carbonyl (C=O) groups excluding carboxylic acids is 1. The Kier molecular flexibility index (Phi) is 2.06. The van der Waals surface area contributed by atoms with Crippen molar-refractivity contribution >= 4 is 23.6 Å². The first-order chi connectivity index (χ1) is 6.52. The van der Waals surface area contributed by atoms with E-state index in [0.717, 1.165) is 4.91 Å². The van der Waals surface area contributed by atoms with Crippen molar-refractivity contribution in [2.45, 2.75) is 25.6 Å². The molecule has 0 radical (unpaired) electrons. The quantitative estimate of drug-likeness (QED) is 0.701. The van der Waals surface area contributed by atoms with Crippen molar-refractivity contribution in [3.8, 4) is 0 Å². The Balaban J connectivity index is 2.38. The lowest BCUT2D eigenvalue weighted by Gasteiger charge is -2.33. The van der Waals surface area contributed by atoms with Gasteiger partial charge >= 0.3 is 5.97 Å². The number of nitrogens with zero attached hydrogens (tertiary/aromatic N) is 1. The van der Waals surface area contributed by atoms with E-state index in [4.69, 9.17) is 5.11 Å². The molecular formula is C9H11NO3S. The SMILES string of the molecule is CC(C)C1=C(C(=O)O)N2C(=O)C[C@H]2S1. The number of β-lactam (4-membered cyclic amide) rings is 1. The van der Waals surface area contributed by atoms with Gasteiger partial charge in [0.15, 0.2) is 0 Å². The summed E-state index contributed by atoms with van der Waals surface area (Å²) in [6.07, 6.45) is 0.470. The van der Waals surface area contributed by atoms with Crippen molar-refractivity contribution in [2.24, 2.45) is 5.92 Å². The van der Waals surface area contributed by atoms with Gasteiger partial charge in [0.25, 0.3) is 0 Å². The number of amides is 1. The second-order valence-corrected chi connectivity index (χ2v) is 4.93. The molecular weight excluding hydrogens is 202 g/mol. The predicted molar refractivity (Wildman–Crippen MR) is 52.3 cm³/mol. The van der Waals surface area contributed by atoms with Crippen molar-refractivity contribution in [2.75, 3.05) is 0 Å². The average Bonchev–Trinajstić information content (AvgIpc) is 2.37. The van der Waals surface area contributed by atoms with Gasteiger partial charge in [-0.1, -0.05) is 13.8 Å². The monoisotopic (exact) mass is 213 g/mol. The minimum absolute atomic E-state index is 0.0472. The van der Waals surface area contributed by atoms with E-state index in [-0.39, 0.29) is 22.9 Å². The third kappa shape index (κ3) is 1.15. The van der Waals surface area contributed by atoms with E-state index >= 15 is 0 Å². The number of aliphatic carboxylic acids is 1. The molecule has 0 unspecified atom stereocenters. The number of carboxylic acid groups (broad SMARTS) is 1. The molecule has 2 aliphatic heterocycles. The third-order valence-corrected chi connectivity index (χ3v) is 3.94. The first-order valence-electron chi connectivity index (χ1n) is 4.48. The van der Waals surface area contributed by atoms with Crippen molar-refractivity contribution in [3.05, 3.63) is 10.6 Å². The Morgan fingerprint density at radius 3 is 2.71 bits per heavy atom. The maximum absolute atomic E-state index is 11.2. The van der Waals surface area contributed by atoms with E-state index < -0.39 is 5.97 Å². The lowest BCUT2D eigenvalue weighted by molar-refractivity contribution is -0.145. The number of carbonyl (C=O) groups is 2. The number of carboxylic acids is 1. The number of hydrogen-bond donors (Lipinski definition) is 1. The van der Waals surface area contributed by atoms with E-state index in [1.165, 1.54) is 16.7 Å². The molecule has 0 aromatic carbocycles. The summed E-state index contributed by atoms with van der Waals surface area (Å²) in [5, 5.41) is 9.05. The highest BCUT2D eigenvalue weighted by Crippen LogP contribution is 2.48. The zero-order chi connectivity index (χ0) is 10.5. The van der Waals surface area contributed by atoms with Crippen LogP contribution in [-0.4, -0.2) is 27.3 Å². The summed E-state index contributed by atoms with van der Waals surface area (Å²) in [6.45, 7) is 3.89. The lowest BCUT2D eigenvalue weighted by Crippen LogP contribution is -2.48. The van der Waals surface area contributed by atoms with Gasteiger partial charge in [0, 0.05) is 4.91 Å². The third-order valence-electron chi connectivity index (χ3n) is 2.37. The van der Waals surface area contributed by atoms with Gasteiger partial charge in [-0.05, 0) is 5.92 Å². The Labute approximate surface area is 86.0 Å². The van der Waals surface area contributed by atoms with Crippen LogP contribution in [0, 0.1) is 5.92 Å². The topological polar surface area (TPSA) is 57.6 Å². The summed E-state index contributed by atoms with van der Waals surface area (Å²) in [6, 6.07) is 0. The second-order valence-electron chi connectivity index (χ2n) is 3.71. The maximum atomic E-state index is 11.2. The molecule has 2 aliphatic rings. The molecule has 0 aromatic heterocycles. The number of rotatable bonds is 2. The van der Waals surface area contributed by atoms with Gasteiger partial charge in [-0.15, -0.1) is 11.8 Å². The molecule has 0 saturated carbocycles. The van der Waals surface area contributed by atoms with Crippen LogP contribution in [0.4, 0.5) is 0 Å². The maximum Gasteiger partial charge on any atom is 0.353 e. The Morgan fingerprint density at radius 2 is 2.29 bits per heavy atom. The minimum Gasteiger partial charge on any atom is -0.477 e. The summed E-state index contributed by atoms with van der Waals surface area (Å²) < 4.78 is 0. The fourth-order valence-corrected chi connectivity index (χ4v) is 3.11. The number of fused-ring (bicyclic) bond motifs is 1.